The Morgan fingerprint density at radius 2 is 2.24 bits per heavy atom. The quantitative estimate of drug-likeness (QED) is 0.790. The number of nitrogens with one attached hydrogen (secondary N) is 2. The van der Waals surface area contributed by atoms with E-state index in [0.717, 1.165) is 17.7 Å². The minimum absolute atomic E-state index is 0.112. The van der Waals surface area contributed by atoms with Crippen LogP contribution in [-0.4, -0.2) is 25.2 Å². The normalized spacial score (nSPS) is 11.2. The Labute approximate surface area is 123 Å². The molecule has 6 nitrogen and oxygen atoms in total. The van der Waals surface area contributed by atoms with Crippen LogP contribution in [0.5, 0.6) is 0 Å². The molecule has 0 bridgehead atoms. The summed E-state index contributed by atoms with van der Waals surface area (Å²) in [5.41, 5.74) is 2.41. The van der Waals surface area contributed by atoms with Crippen LogP contribution in [-0.2, 0) is 16.4 Å². The second-order valence-corrected chi connectivity index (χ2v) is 6.43. The Balaban J connectivity index is 1.92. The fraction of sp³-hybridized carbons (Fsp3) is 0.286. The smallest absolute Gasteiger partial charge is 0.240 e. The van der Waals surface area contributed by atoms with Crippen molar-refractivity contribution in [3.8, 4) is 6.07 Å². The summed E-state index contributed by atoms with van der Waals surface area (Å²) in [6, 6.07) is 7.90. The number of nitrogens with zero attached hydrogens (tertiary/aromatic N) is 2. The molecule has 0 aliphatic carbocycles. The molecule has 7 heteroatoms. The molecule has 2 N–H and O–H groups in total. The van der Waals surface area contributed by atoms with E-state index in [-0.39, 0.29) is 4.90 Å². The molecule has 110 valence electrons. The zero-order valence-electron chi connectivity index (χ0n) is 11.6. The maximum absolute atomic E-state index is 12.1. The predicted octanol–water partition coefficient (Wildman–Crippen LogP) is 1.50. The first-order valence-electron chi connectivity index (χ1n) is 6.51. The maximum atomic E-state index is 12.1. The molecule has 0 spiro atoms. The van der Waals surface area contributed by atoms with Crippen LogP contribution in [0.1, 0.15) is 23.2 Å². The summed E-state index contributed by atoms with van der Waals surface area (Å²) in [5, 5.41) is 15.6. The first-order valence-corrected chi connectivity index (χ1v) is 8.00. The number of hydrogen-bond donors (Lipinski definition) is 2. The van der Waals surface area contributed by atoms with Gasteiger partial charge in [0, 0.05) is 12.2 Å². The first kappa shape index (κ1) is 15.2. The number of benzene rings is 1. The largest absolute Gasteiger partial charge is 0.283 e. The van der Waals surface area contributed by atoms with Gasteiger partial charge in [0.1, 0.15) is 0 Å². The molecule has 2 rings (SSSR count). The number of aryl methyl sites for hydroxylation is 2. The second-order valence-electron chi connectivity index (χ2n) is 4.66. The van der Waals surface area contributed by atoms with E-state index < -0.39 is 10.0 Å². The molecule has 0 saturated heterocycles. The van der Waals surface area contributed by atoms with Crippen LogP contribution in [0.2, 0.25) is 0 Å². The van der Waals surface area contributed by atoms with E-state index in [0.29, 0.717) is 18.5 Å². The van der Waals surface area contributed by atoms with Gasteiger partial charge >= 0.3 is 0 Å². The van der Waals surface area contributed by atoms with Gasteiger partial charge in [-0.1, -0.05) is 6.07 Å². The SMILES string of the molecule is Cc1[nH]ncc1CCCNS(=O)(=O)c1cccc(C#N)c1. The number of rotatable bonds is 6. The highest BCUT2D eigenvalue weighted by Gasteiger charge is 2.13. The number of nitriles is 1. The highest BCUT2D eigenvalue weighted by molar-refractivity contribution is 7.89. The third-order valence-corrected chi connectivity index (χ3v) is 4.58. The lowest BCUT2D eigenvalue weighted by atomic mass is 10.1. The summed E-state index contributed by atoms with van der Waals surface area (Å²) in [4.78, 5) is 0.112. The number of aromatic amines is 1. The number of aromatic nitrogens is 2. The van der Waals surface area contributed by atoms with E-state index in [1.54, 1.807) is 18.3 Å². The van der Waals surface area contributed by atoms with Crippen molar-refractivity contribution in [2.24, 2.45) is 0 Å². The van der Waals surface area contributed by atoms with Crippen LogP contribution < -0.4 is 4.72 Å². The Morgan fingerprint density at radius 3 is 2.90 bits per heavy atom. The van der Waals surface area contributed by atoms with E-state index in [2.05, 4.69) is 14.9 Å². The Bertz CT molecular complexity index is 759. The second kappa shape index (κ2) is 6.52. The fourth-order valence-electron chi connectivity index (χ4n) is 1.93. The number of H-pyrrole nitrogens is 1. The van der Waals surface area contributed by atoms with Crippen molar-refractivity contribution >= 4 is 10.0 Å². The molecule has 0 fully saturated rings. The molecule has 1 heterocycles. The zero-order valence-corrected chi connectivity index (χ0v) is 12.4. The van der Waals surface area contributed by atoms with Crippen LogP contribution in [0, 0.1) is 18.3 Å². The average molecular weight is 304 g/mol. The Hall–Kier alpha value is -2.17. The van der Waals surface area contributed by atoms with E-state index >= 15 is 0 Å². The van der Waals surface area contributed by atoms with Gasteiger partial charge in [-0.3, -0.25) is 5.10 Å². The van der Waals surface area contributed by atoms with E-state index in [4.69, 9.17) is 5.26 Å². The highest BCUT2D eigenvalue weighted by atomic mass is 32.2. The standard InChI is InChI=1S/C14H16N4O2S/c1-11-13(10-16-18-11)5-3-7-17-21(19,20)14-6-2-4-12(8-14)9-15/h2,4,6,8,10,17H,3,5,7H2,1H3,(H,16,18). The number of sulfonamides is 1. The van der Waals surface area contributed by atoms with Crippen molar-refractivity contribution < 1.29 is 8.42 Å². The van der Waals surface area contributed by atoms with Gasteiger partial charge in [0.2, 0.25) is 10.0 Å². The molecule has 0 aliphatic heterocycles. The molecule has 1 aromatic carbocycles. The monoisotopic (exact) mass is 304 g/mol. The number of hydrogen-bond acceptors (Lipinski definition) is 4. The molecule has 2 aromatic rings. The van der Waals surface area contributed by atoms with Crippen molar-refractivity contribution in [3.05, 3.63) is 47.3 Å². The predicted molar refractivity (Wildman–Crippen MR) is 78.0 cm³/mol. The lowest BCUT2D eigenvalue weighted by Gasteiger charge is -2.06. The van der Waals surface area contributed by atoms with Crippen LogP contribution >= 0.6 is 0 Å². The summed E-state index contributed by atoms with van der Waals surface area (Å²) in [5.74, 6) is 0. The lowest BCUT2D eigenvalue weighted by Crippen LogP contribution is -2.25. The Kier molecular flexibility index (Phi) is 4.73. The van der Waals surface area contributed by atoms with E-state index in [9.17, 15) is 8.42 Å². The molecule has 0 radical (unpaired) electrons. The first-order chi connectivity index (χ1) is 10.0. The van der Waals surface area contributed by atoms with Crippen LogP contribution in [0.3, 0.4) is 0 Å². The molecule has 0 aliphatic rings. The summed E-state index contributed by atoms with van der Waals surface area (Å²) in [6.07, 6.45) is 3.18. The molecule has 0 saturated carbocycles. The van der Waals surface area contributed by atoms with Gasteiger partial charge in [-0.2, -0.15) is 10.4 Å². The van der Waals surface area contributed by atoms with Crippen molar-refractivity contribution in [3.63, 3.8) is 0 Å². The average Bonchev–Trinajstić information content (AvgIpc) is 2.89. The molecule has 21 heavy (non-hydrogen) atoms. The molecule has 0 atom stereocenters. The fourth-order valence-corrected chi connectivity index (χ4v) is 3.05. The van der Waals surface area contributed by atoms with Gasteiger partial charge in [-0.15, -0.1) is 0 Å². The summed E-state index contributed by atoms with van der Waals surface area (Å²) < 4.78 is 26.7. The van der Waals surface area contributed by atoms with Gasteiger partial charge < -0.3 is 0 Å². The van der Waals surface area contributed by atoms with Gasteiger partial charge in [-0.25, -0.2) is 13.1 Å². The minimum atomic E-state index is -3.57. The van der Waals surface area contributed by atoms with Crippen molar-refractivity contribution in [1.29, 1.82) is 5.26 Å². The van der Waals surface area contributed by atoms with Crippen molar-refractivity contribution in [2.75, 3.05) is 6.54 Å². The van der Waals surface area contributed by atoms with Gasteiger partial charge in [0.15, 0.2) is 0 Å². The minimum Gasteiger partial charge on any atom is -0.283 e. The lowest BCUT2D eigenvalue weighted by molar-refractivity contribution is 0.579. The van der Waals surface area contributed by atoms with E-state index in [1.165, 1.54) is 12.1 Å². The van der Waals surface area contributed by atoms with Crippen LogP contribution in [0.4, 0.5) is 0 Å². The molecular formula is C14H16N4O2S. The molecule has 1 aromatic heterocycles. The van der Waals surface area contributed by atoms with Gasteiger partial charge in [-0.05, 0) is 43.5 Å². The highest BCUT2D eigenvalue weighted by Crippen LogP contribution is 2.11. The Morgan fingerprint density at radius 1 is 1.43 bits per heavy atom. The van der Waals surface area contributed by atoms with E-state index in [1.807, 2.05) is 13.0 Å². The summed E-state index contributed by atoms with van der Waals surface area (Å²) >= 11 is 0. The summed E-state index contributed by atoms with van der Waals surface area (Å²) in [6.45, 7) is 2.27. The molecule has 0 unspecified atom stereocenters. The van der Waals surface area contributed by atoms with Gasteiger partial charge in [0.25, 0.3) is 0 Å². The third kappa shape index (κ3) is 3.90. The topological polar surface area (TPSA) is 98.6 Å². The zero-order chi connectivity index (χ0) is 15.3. The van der Waals surface area contributed by atoms with Crippen LogP contribution in [0.25, 0.3) is 0 Å². The molecular weight excluding hydrogens is 288 g/mol. The van der Waals surface area contributed by atoms with Crippen molar-refractivity contribution in [1.82, 2.24) is 14.9 Å². The third-order valence-electron chi connectivity index (χ3n) is 3.12. The summed E-state index contributed by atoms with van der Waals surface area (Å²) in [7, 11) is -3.57. The van der Waals surface area contributed by atoms with Crippen molar-refractivity contribution in [2.45, 2.75) is 24.7 Å². The maximum Gasteiger partial charge on any atom is 0.240 e. The van der Waals surface area contributed by atoms with Gasteiger partial charge in [0.05, 0.1) is 22.7 Å². The van der Waals surface area contributed by atoms with Crippen LogP contribution in [0.15, 0.2) is 35.4 Å². The molecule has 0 amide bonds.